The van der Waals surface area contributed by atoms with Gasteiger partial charge in [-0.05, 0) is 62.6 Å². The summed E-state index contributed by atoms with van der Waals surface area (Å²) >= 11 is 0. The Kier molecular flexibility index (Phi) is 4.61. The van der Waals surface area contributed by atoms with Gasteiger partial charge in [-0.15, -0.1) is 0 Å². The summed E-state index contributed by atoms with van der Waals surface area (Å²) in [5.74, 6) is 2.05. The zero-order valence-corrected chi connectivity index (χ0v) is 17.5. The number of anilines is 1. The van der Waals surface area contributed by atoms with Gasteiger partial charge in [0.15, 0.2) is 0 Å². The molecule has 2 aliphatic rings. The molecule has 148 valence electrons. The fraction of sp³-hybridized carbons (Fsp3) is 0.385. The van der Waals surface area contributed by atoms with Gasteiger partial charge in [-0.1, -0.05) is 54.6 Å². The Morgan fingerprint density at radius 3 is 2.55 bits per heavy atom. The minimum atomic E-state index is 0.0821. The monoisotopic (exact) mass is 383 g/mol. The lowest BCUT2D eigenvalue weighted by atomic mass is 9.69. The molecule has 0 amide bonds. The summed E-state index contributed by atoms with van der Waals surface area (Å²) in [4.78, 5) is 12.5. The van der Waals surface area contributed by atoms with Gasteiger partial charge in [0.2, 0.25) is 0 Å². The van der Waals surface area contributed by atoms with Gasteiger partial charge in [-0.2, -0.15) is 0 Å². The molecule has 3 heteroatoms. The van der Waals surface area contributed by atoms with Gasteiger partial charge in [-0.3, -0.25) is 0 Å². The highest BCUT2D eigenvalue weighted by Crippen LogP contribution is 2.51. The summed E-state index contributed by atoms with van der Waals surface area (Å²) in [7, 11) is 0. The Morgan fingerprint density at radius 2 is 1.72 bits per heavy atom. The van der Waals surface area contributed by atoms with E-state index < -0.39 is 0 Å². The molecule has 1 unspecified atom stereocenters. The van der Waals surface area contributed by atoms with Crippen LogP contribution in [0.5, 0.6) is 0 Å². The van der Waals surface area contributed by atoms with Crippen LogP contribution in [0.3, 0.4) is 0 Å². The van der Waals surface area contributed by atoms with Gasteiger partial charge < -0.3 is 4.90 Å². The van der Waals surface area contributed by atoms with Gasteiger partial charge >= 0.3 is 0 Å². The van der Waals surface area contributed by atoms with Crippen molar-refractivity contribution in [3.63, 3.8) is 0 Å². The minimum Gasteiger partial charge on any atom is -0.352 e. The van der Waals surface area contributed by atoms with Crippen LogP contribution in [0.15, 0.2) is 54.6 Å². The number of benzene rings is 2. The van der Waals surface area contributed by atoms with Crippen molar-refractivity contribution in [1.82, 2.24) is 9.97 Å². The summed E-state index contributed by atoms with van der Waals surface area (Å²) in [6.45, 7) is 6.13. The van der Waals surface area contributed by atoms with E-state index in [2.05, 4.69) is 73.3 Å². The molecule has 1 atom stereocenters. The molecule has 0 bridgehead atoms. The number of fused-ring (bicyclic) bond motifs is 4. The van der Waals surface area contributed by atoms with Crippen molar-refractivity contribution in [2.24, 2.45) is 0 Å². The van der Waals surface area contributed by atoms with E-state index in [0.29, 0.717) is 0 Å². The lowest BCUT2D eigenvalue weighted by molar-refractivity contribution is 0.409. The van der Waals surface area contributed by atoms with E-state index in [9.17, 15) is 0 Å². The predicted molar refractivity (Wildman–Crippen MR) is 118 cm³/mol. The molecule has 0 saturated heterocycles. The van der Waals surface area contributed by atoms with Crippen molar-refractivity contribution in [2.75, 3.05) is 11.4 Å². The van der Waals surface area contributed by atoms with Crippen LogP contribution >= 0.6 is 0 Å². The summed E-state index contributed by atoms with van der Waals surface area (Å²) in [6, 6.07) is 19.8. The summed E-state index contributed by atoms with van der Waals surface area (Å²) in [5.41, 5.74) is 7.12. The maximum Gasteiger partial charge on any atom is 0.136 e. The standard InChI is InChI=1S/C26H29N3/c1-3-29(18-20-10-5-4-6-11-20)25-22-13-9-16-26(24(22)27-19(2)28-25)17-15-21-12-7-8-14-23(21)26/h4-8,10-12,14H,3,9,13,15-18H2,1-2H3. The molecule has 0 radical (unpaired) electrons. The Morgan fingerprint density at radius 1 is 0.931 bits per heavy atom. The zero-order valence-electron chi connectivity index (χ0n) is 17.5. The molecule has 0 saturated carbocycles. The average Bonchev–Trinajstić information content (AvgIpc) is 3.12. The Balaban J connectivity index is 1.63. The second-order valence-corrected chi connectivity index (χ2v) is 8.51. The fourth-order valence-corrected chi connectivity index (χ4v) is 5.49. The molecule has 1 aromatic heterocycles. The number of nitrogens with zero attached hydrogens (tertiary/aromatic N) is 3. The maximum atomic E-state index is 5.09. The van der Waals surface area contributed by atoms with E-state index >= 15 is 0 Å². The highest BCUT2D eigenvalue weighted by Gasteiger charge is 2.45. The topological polar surface area (TPSA) is 29.0 Å². The second kappa shape index (κ2) is 7.29. The number of aromatic nitrogens is 2. The lowest BCUT2D eigenvalue weighted by Crippen LogP contribution is -2.34. The summed E-state index contributed by atoms with van der Waals surface area (Å²) in [6.07, 6.45) is 5.84. The average molecular weight is 384 g/mol. The number of hydrogen-bond acceptors (Lipinski definition) is 3. The lowest BCUT2D eigenvalue weighted by Gasteiger charge is -2.38. The van der Waals surface area contributed by atoms with E-state index in [1.165, 1.54) is 47.2 Å². The van der Waals surface area contributed by atoms with Crippen LogP contribution in [0.2, 0.25) is 0 Å². The van der Waals surface area contributed by atoms with Crippen LogP contribution in [0, 0.1) is 6.92 Å². The first-order valence-electron chi connectivity index (χ1n) is 11.0. The third-order valence-electron chi connectivity index (χ3n) is 6.83. The molecule has 0 N–H and O–H groups in total. The molecular formula is C26H29N3. The SMILES string of the molecule is CCN(Cc1ccccc1)c1nc(C)nc2c1CCCC21CCc2ccccc21. The van der Waals surface area contributed by atoms with Crippen LogP contribution < -0.4 is 4.90 Å². The van der Waals surface area contributed by atoms with Crippen molar-refractivity contribution in [2.45, 2.75) is 57.9 Å². The quantitative estimate of drug-likeness (QED) is 0.606. The molecule has 3 aromatic rings. The Labute approximate surface area is 173 Å². The molecule has 2 aliphatic carbocycles. The molecule has 1 spiro atoms. The van der Waals surface area contributed by atoms with E-state index in [1.807, 2.05) is 0 Å². The van der Waals surface area contributed by atoms with Gasteiger partial charge in [0, 0.05) is 24.1 Å². The first-order chi connectivity index (χ1) is 14.2. The Bertz CT molecular complexity index is 1030. The van der Waals surface area contributed by atoms with E-state index in [-0.39, 0.29) is 5.41 Å². The second-order valence-electron chi connectivity index (χ2n) is 8.51. The van der Waals surface area contributed by atoms with Crippen molar-refractivity contribution < 1.29 is 0 Å². The molecule has 0 fully saturated rings. The van der Waals surface area contributed by atoms with Crippen molar-refractivity contribution in [3.05, 3.63) is 88.4 Å². The summed E-state index contributed by atoms with van der Waals surface area (Å²) in [5, 5.41) is 0. The van der Waals surface area contributed by atoms with Crippen LogP contribution in [0.1, 0.15) is 60.0 Å². The Hall–Kier alpha value is -2.68. The molecule has 1 heterocycles. The third kappa shape index (κ3) is 3.04. The zero-order chi connectivity index (χ0) is 19.8. The van der Waals surface area contributed by atoms with E-state index in [1.54, 1.807) is 0 Å². The largest absolute Gasteiger partial charge is 0.352 e. The molecule has 0 aliphatic heterocycles. The van der Waals surface area contributed by atoms with Crippen molar-refractivity contribution in [1.29, 1.82) is 0 Å². The van der Waals surface area contributed by atoms with Gasteiger partial charge in [0.1, 0.15) is 11.6 Å². The van der Waals surface area contributed by atoms with Crippen LogP contribution in [-0.2, 0) is 24.8 Å². The smallest absolute Gasteiger partial charge is 0.136 e. The minimum absolute atomic E-state index is 0.0821. The fourth-order valence-electron chi connectivity index (χ4n) is 5.49. The normalized spacial score (nSPS) is 19.8. The van der Waals surface area contributed by atoms with Crippen LogP contribution in [0.25, 0.3) is 0 Å². The number of rotatable bonds is 4. The van der Waals surface area contributed by atoms with Crippen molar-refractivity contribution >= 4 is 5.82 Å². The highest BCUT2D eigenvalue weighted by molar-refractivity contribution is 5.57. The molecular weight excluding hydrogens is 354 g/mol. The molecule has 2 aromatic carbocycles. The predicted octanol–water partition coefficient (Wildman–Crippen LogP) is 5.38. The maximum absolute atomic E-state index is 5.09. The van der Waals surface area contributed by atoms with Crippen LogP contribution in [-0.4, -0.2) is 16.5 Å². The van der Waals surface area contributed by atoms with Gasteiger partial charge in [0.25, 0.3) is 0 Å². The van der Waals surface area contributed by atoms with E-state index in [0.717, 1.165) is 37.6 Å². The van der Waals surface area contributed by atoms with Gasteiger partial charge in [0.05, 0.1) is 5.69 Å². The molecule has 5 rings (SSSR count). The summed E-state index contributed by atoms with van der Waals surface area (Å²) < 4.78 is 0. The van der Waals surface area contributed by atoms with Gasteiger partial charge in [-0.25, -0.2) is 9.97 Å². The first kappa shape index (κ1) is 18.4. The van der Waals surface area contributed by atoms with Crippen molar-refractivity contribution in [3.8, 4) is 0 Å². The molecule has 3 nitrogen and oxygen atoms in total. The first-order valence-corrected chi connectivity index (χ1v) is 11.0. The number of aryl methyl sites for hydroxylation is 2. The molecule has 29 heavy (non-hydrogen) atoms. The third-order valence-corrected chi connectivity index (χ3v) is 6.83. The van der Waals surface area contributed by atoms with Crippen LogP contribution in [0.4, 0.5) is 5.82 Å². The number of hydrogen-bond donors (Lipinski definition) is 0. The highest BCUT2D eigenvalue weighted by atomic mass is 15.2. The van der Waals surface area contributed by atoms with E-state index in [4.69, 9.17) is 9.97 Å².